The van der Waals surface area contributed by atoms with Gasteiger partial charge in [0.15, 0.2) is 0 Å². The Bertz CT molecular complexity index is 789. The molecule has 2 aromatic rings. The Morgan fingerprint density at radius 1 is 1.11 bits per heavy atom. The zero-order valence-corrected chi connectivity index (χ0v) is 15.9. The molecule has 1 aliphatic rings. The predicted octanol–water partition coefficient (Wildman–Crippen LogP) is 4.33. The summed E-state index contributed by atoms with van der Waals surface area (Å²) in [5.41, 5.74) is 2.84. The number of nitrogens with one attached hydrogen (secondary N) is 2. The van der Waals surface area contributed by atoms with Gasteiger partial charge in [0.05, 0.1) is 6.04 Å². The third kappa shape index (κ3) is 5.09. The first kappa shape index (κ1) is 19.0. The van der Waals surface area contributed by atoms with E-state index in [-0.39, 0.29) is 23.9 Å². The summed E-state index contributed by atoms with van der Waals surface area (Å²) in [6.07, 6.45) is 1.56. The fourth-order valence-corrected chi connectivity index (χ4v) is 3.44. The highest BCUT2D eigenvalue weighted by Gasteiger charge is 2.20. The fourth-order valence-electron chi connectivity index (χ4n) is 3.44. The minimum absolute atomic E-state index is 0.0587. The van der Waals surface area contributed by atoms with Gasteiger partial charge in [-0.2, -0.15) is 0 Å². The molecule has 5 heteroatoms. The van der Waals surface area contributed by atoms with E-state index in [9.17, 15) is 9.59 Å². The molecule has 0 spiro atoms. The van der Waals surface area contributed by atoms with Crippen molar-refractivity contribution in [2.24, 2.45) is 5.92 Å². The van der Waals surface area contributed by atoms with Crippen LogP contribution in [0.1, 0.15) is 43.9 Å². The maximum atomic E-state index is 12.5. The predicted molar refractivity (Wildman–Crippen MR) is 107 cm³/mol. The zero-order valence-electron chi connectivity index (χ0n) is 15.9. The van der Waals surface area contributed by atoms with Crippen molar-refractivity contribution in [1.82, 2.24) is 10.2 Å². The lowest BCUT2D eigenvalue weighted by Gasteiger charge is -2.23. The van der Waals surface area contributed by atoms with Crippen LogP contribution in [-0.4, -0.2) is 23.4 Å². The quantitative estimate of drug-likeness (QED) is 0.800. The van der Waals surface area contributed by atoms with Crippen molar-refractivity contribution < 1.29 is 9.59 Å². The van der Waals surface area contributed by atoms with Gasteiger partial charge in [0.25, 0.3) is 0 Å². The second-order valence-corrected chi connectivity index (χ2v) is 7.35. The van der Waals surface area contributed by atoms with Gasteiger partial charge in [0, 0.05) is 25.2 Å². The van der Waals surface area contributed by atoms with Gasteiger partial charge >= 0.3 is 6.03 Å². The van der Waals surface area contributed by atoms with Gasteiger partial charge in [0.1, 0.15) is 0 Å². The minimum Gasteiger partial charge on any atom is -0.338 e. The number of rotatable bonds is 6. The number of hydrogen-bond donors (Lipinski definition) is 2. The van der Waals surface area contributed by atoms with Gasteiger partial charge in [-0.3, -0.25) is 4.79 Å². The van der Waals surface area contributed by atoms with E-state index in [0.717, 1.165) is 29.8 Å². The van der Waals surface area contributed by atoms with Crippen LogP contribution in [0.15, 0.2) is 54.6 Å². The Morgan fingerprint density at radius 2 is 1.89 bits per heavy atom. The Balaban J connectivity index is 1.63. The molecule has 2 aromatic carbocycles. The van der Waals surface area contributed by atoms with Gasteiger partial charge in [-0.05, 0) is 35.6 Å². The Labute approximate surface area is 160 Å². The topological polar surface area (TPSA) is 61.4 Å². The highest BCUT2D eigenvalue weighted by atomic mass is 16.2. The lowest BCUT2D eigenvalue weighted by molar-refractivity contribution is -0.128. The van der Waals surface area contributed by atoms with E-state index in [0.29, 0.717) is 13.0 Å². The molecule has 27 heavy (non-hydrogen) atoms. The van der Waals surface area contributed by atoms with Crippen LogP contribution in [-0.2, 0) is 11.3 Å². The molecular weight excluding hydrogens is 338 g/mol. The van der Waals surface area contributed by atoms with Gasteiger partial charge in [-0.15, -0.1) is 0 Å². The van der Waals surface area contributed by atoms with Crippen LogP contribution in [0.5, 0.6) is 0 Å². The molecule has 142 valence electrons. The van der Waals surface area contributed by atoms with Crippen molar-refractivity contribution in [3.8, 4) is 0 Å². The summed E-state index contributed by atoms with van der Waals surface area (Å²) in [7, 11) is 0. The van der Waals surface area contributed by atoms with Crippen LogP contribution in [0.2, 0.25) is 0 Å². The molecule has 1 heterocycles. The molecule has 1 fully saturated rings. The van der Waals surface area contributed by atoms with E-state index in [1.807, 2.05) is 59.5 Å². The molecule has 0 radical (unpaired) electrons. The SMILES string of the molecule is CC(C)[C@@H](NC(=O)Nc1cccc(CN2CCCC2=O)c1)c1ccccc1. The monoisotopic (exact) mass is 365 g/mol. The average molecular weight is 365 g/mol. The zero-order chi connectivity index (χ0) is 19.2. The van der Waals surface area contributed by atoms with Crippen molar-refractivity contribution in [2.45, 2.75) is 39.3 Å². The number of nitrogens with zero attached hydrogens (tertiary/aromatic N) is 1. The van der Waals surface area contributed by atoms with E-state index >= 15 is 0 Å². The largest absolute Gasteiger partial charge is 0.338 e. The maximum Gasteiger partial charge on any atom is 0.319 e. The summed E-state index contributed by atoms with van der Waals surface area (Å²) >= 11 is 0. The molecule has 1 aliphatic heterocycles. The summed E-state index contributed by atoms with van der Waals surface area (Å²) < 4.78 is 0. The van der Waals surface area contributed by atoms with Crippen LogP contribution in [0, 0.1) is 5.92 Å². The van der Waals surface area contributed by atoms with Crippen LogP contribution in [0.25, 0.3) is 0 Å². The van der Waals surface area contributed by atoms with E-state index in [1.54, 1.807) is 0 Å². The molecule has 3 rings (SSSR count). The van der Waals surface area contributed by atoms with Gasteiger partial charge in [-0.1, -0.05) is 56.3 Å². The lowest BCUT2D eigenvalue weighted by atomic mass is 9.96. The van der Waals surface area contributed by atoms with Crippen molar-refractivity contribution >= 4 is 17.6 Å². The van der Waals surface area contributed by atoms with Gasteiger partial charge in [0.2, 0.25) is 5.91 Å². The normalized spacial score (nSPS) is 15.1. The molecule has 0 aliphatic carbocycles. The maximum absolute atomic E-state index is 12.5. The number of anilines is 1. The Kier molecular flexibility index (Phi) is 6.12. The van der Waals surface area contributed by atoms with Crippen LogP contribution in [0.3, 0.4) is 0 Å². The summed E-state index contributed by atoms with van der Waals surface area (Å²) in [4.78, 5) is 26.2. The van der Waals surface area contributed by atoms with E-state index in [2.05, 4.69) is 24.5 Å². The molecule has 0 saturated carbocycles. The molecule has 1 saturated heterocycles. The van der Waals surface area contributed by atoms with Gasteiger partial charge < -0.3 is 15.5 Å². The molecule has 1 atom stereocenters. The number of hydrogen-bond acceptors (Lipinski definition) is 2. The Hall–Kier alpha value is -2.82. The highest BCUT2D eigenvalue weighted by Crippen LogP contribution is 2.22. The van der Waals surface area contributed by atoms with E-state index < -0.39 is 0 Å². The van der Waals surface area contributed by atoms with Gasteiger partial charge in [-0.25, -0.2) is 4.79 Å². The summed E-state index contributed by atoms with van der Waals surface area (Å²) in [5, 5.41) is 5.99. The number of amides is 3. The second-order valence-electron chi connectivity index (χ2n) is 7.35. The lowest BCUT2D eigenvalue weighted by Crippen LogP contribution is -2.35. The molecule has 2 N–H and O–H groups in total. The van der Waals surface area contributed by atoms with E-state index in [1.165, 1.54) is 0 Å². The number of carbonyl (C=O) groups excluding carboxylic acids is 2. The fraction of sp³-hybridized carbons (Fsp3) is 0.364. The van der Waals surface area contributed by atoms with E-state index in [4.69, 9.17) is 0 Å². The second kappa shape index (κ2) is 8.71. The van der Waals surface area contributed by atoms with Crippen molar-refractivity contribution in [3.05, 3.63) is 65.7 Å². The highest BCUT2D eigenvalue weighted by molar-refractivity contribution is 5.89. The van der Waals surface area contributed by atoms with Crippen molar-refractivity contribution in [1.29, 1.82) is 0 Å². The number of benzene rings is 2. The number of urea groups is 1. The summed E-state index contributed by atoms with van der Waals surface area (Å²) in [6.45, 7) is 5.58. The molecule has 3 amide bonds. The summed E-state index contributed by atoms with van der Waals surface area (Å²) in [5.74, 6) is 0.472. The molecule has 0 unspecified atom stereocenters. The smallest absolute Gasteiger partial charge is 0.319 e. The number of carbonyl (C=O) groups is 2. The molecule has 0 aromatic heterocycles. The van der Waals surface area contributed by atoms with Crippen molar-refractivity contribution in [2.75, 3.05) is 11.9 Å². The van der Waals surface area contributed by atoms with Crippen LogP contribution < -0.4 is 10.6 Å². The van der Waals surface area contributed by atoms with Crippen LogP contribution >= 0.6 is 0 Å². The third-order valence-corrected chi connectivity index (χ3v) is 4.84. The minimum atomic E-state index is -0.230. The van der Waals surface area contributed by atoms with Crippen molar-refractivity contribution in [3.63, 3.8) is 0 Å². The molecule has 5 nitrogen and oxygen atoms in total. The first-order chi connectivity index (χ1) is 13.0. The molecule has 0 bridgehead atoms. The Morgan fingerprint density at radius 3 is 2.56 bits per heavy atom. The summed E-state index contributed by atoms with van der Waals surface area (Å²) in [6, 6.07) is 17.4. The van der Waals surface area contributed by atoms with Crippen LogP contribution in [0.4, 0.5) is 10.5 Å². The first-order valence-corrected chi connectivity index (χ1v) is 9.52. The third-order valence-electron chi connectivity index (χ3n) is 4.84. The average Bonchev–Trinajstić information content (AvgIpc) is 3.05. The first-order valence-electron chi connectivity index (χ1n) is 9.52. The number of likely N-dealkylation sites (tertiary alicyclic amines) is 1. The molecular formula is C22H27N3O2. The standard InChI is InChI=1S/C22H27N3O2/c1-16(2)21(18-9-4-3-5-10-18)24-22(27)23-19-11-6-8-17(14-19)15-25-13-7-12-20(25)26/h3-6,8-11,14,16,21H,7,12-13,15H2,1-2H3,(H2,23,24,27)/t21-/m1/s1.